The van der Waals surface area contributed by atoms with E-state index in [1.165, 1.54) is 0 Å². The van der Waals surface area contributed by atoms with Crippen molar-refractivity contribution in [3.8, 4) is 0 Å². The van der Waals surface area contributed by atoms with Gasteiger partial charge >= 0.3 is 5.97 Å². The molecule has 3 heterocycles. The van der Waals surface area contributed by atoms with Gasteiger partial charge < -0.3 is 14.7 Å². The Morgan fingerprint density at radius 2 is 2.25 bits per heavy atom. The van der Waals surface area contributed by atoms with Crippen molar-refractivity contribution in [3.05, 3.63) is 0 Å². The summed E-state index contributed by atoms with van der Waals surface area (Å²) < 4.78 is 4.97. The number of nitrogens with zero attached hydrogens (tertiary/aromatic N) is 1. The highest BCUT2D eigenvalue weighted by Gasteiger charge is 2.51. The lowest BCUT2D eigenvalue weighted by molar-refractivity contribution is -0.154. The van der Waals surface area contributed by atoms with Crippen LogP contribution in [0.1, 0.15) is 12.8 Å². The van der Waals surface area contributed by atoms with E-state index in [9.17, 15) is 9.90 Å². The number of hydrogen-bond donors (Lipinski definition) is 2. The normalized spacial score (nSPS) is 37.6. The van der Waals surface area contributed by atoms with Crippen LogP contribution in [0.3, 0.4) is 0 Å². The van der Waals surface area contributed by atoms with Gasteiger partial charge in [-0.1, -0.05) is 0 Å². The number of fused-ring (bicyclic) bond motifs is 3. The zero-order valence-electron chi connectivity index (χ0n) is 9.74. The maximum atomic E-state index is 11.5. The average Bonchev–Trinajstić information content (AvgIpc) is 2.30. The highest BCUT2D eigenvalue weighted by Crippen LogP contribution is 2.35. The van der Waals surface area contributed by atoms with E-state index in [1.54, 1.807) is 7.11 Å². The van der Waals surface area contributed by atoms with Gasteiger partial charge in [0.05, 0.1) is 6.61 Å². The smallest absolute Gasteiger partial charge is 0.325 e. The fourth-order valence-corrected chi connectivity index (χ4v) is 2.96. The van der Waals surface area contributed by atoms with Gasteiger partial charge in [0.1, 0.15) is 5.54 Å². The highest BCUT2D eigenvalue weighted by atomic mass is 16.5. The third-order valence-corrected chi connectivity index (χ3v) is 3.89. The van der Waals surface area contributed by atoms with Crippen molar-refractivity contribution in [2.75, 3.05) is 39.9 Å². The Kier molecular flexibility index (Phi) is 3.47. The van der Waals surface area contributed by atoms with Crippen molar-refractivity contribution in [3.63, 3.8) is 0 Å². The first kappa shape index (κ1) is 11.8. The minimum Gasteiger partial charge on any atom is -0.480 e. The van der Waals surface area contributed by atoms with E-state index >= 15 is 0 Å². The summed E-state index contributed by atoms with van der Waals surface area (Å²) in [5, 5.41) is 12.7. The van der Waals surface area contributed by atoms with Crippen LogP contribution in [0.15, 0.2) is 0 Å². The molecule has 2 bridgehead atoms. The molecule has 0 aromatic carbocycles. The molecule has 0 spiro atoms. The molecule has 3 aliphatic rings. The van der Waals surface area contributed by atoms with E-state index in [0.717, 1.165) is 25.9 Å². The van der Waals surface area contributed by atoms with E-state index in [1.807, 2.05) is 0 Å². The van der Waals surface area contributed by atoms with E-state index in [2.05, 4.69) is 10.2 Å². The quantitative estimate of drug-likeness (QED) is 0.637. The molecular formula is C11H20N2O3. The van der Waals surface area contributed by atoms with Gasteiger partial charge in [-0.15, -0.1) is 0 Å². The number of methoxy groups -OCH3 is 1. The highest BCUT2D eigenvalue weighted by molar-refractivity contribution is 5.80. The lowest BCUT2D eigenvalue weighted by Crippen LogP contribution is -2.70. The number of carbonyl (C=O) groups is 1. The van der Waals surface area contributed by atoms with Gasteiger partial charge in [-0.25, -0.2) is 0 Å². The predicted molar refractivity (Wildman–Crippen MR) is 59.4 cm³/mol. The van der Waals surface area contributed by atoms with Crippen LogP contribution in [-0.2, 0) is 9.53 Å². The van der Waals surface area contributed by atoms with E-state index in [-0.39, 0.29) is 5.92 Å². The first-order valence-corrected chi connectivity index (χ1v) is 5.89. The number of hydrogen-bond acceptors (Lipinski definition) is 4. The Bertz CT molecular complexity index is 264. The summed E-state index contributed by atoms with van der Waals surface area (Å²) in [6, 6.07) is 0. The number of aliphatic carboxylic acids is 1. The second-order valence-electron chi connectivity index (χ2n) is 4.75. The SMILES string of the molecule is COCCNC1(C(=O)O)CN2CCC1CC2. The van der Waals surface area contributed by atoms with E-state index in [4.69, 9.17) is 4.74 Å². The summed E-state index contributed by atoms with van der Waals surface area (Å²) in [6.07, 6.45) is 1.98. The summed E-state index contributed by atoms with van der Waals surface area (Å²) in [7, 11) is 1.63. The maximum Gasteiger partial charge on any atom is 0.325 e. The summed E-state index contributed by atoms with van der Waals surface area (Å²) in [6.45, 7) is 3.89. The molecule has 3 rings (SSSR count). The molecule has 0 aromatic rings. The Labute approximate surface area is 95.8 Å². The Balaban J connectivity index is 2.06. The molecule has 92 valence electrons. The number of rotatable bonds is 5. The van der Waals surface area contributed by atoms with Crippen LogP contribution in [0.4, 0.5) is 0 Å². The molecule has 5 nitrogen and oxygen atoms in total. The van der Waals surface area contributed by atoms with Crippen LogP contribution >= 0.6 is 0 Å². The zero-order chi connectivity index (χ0) is 11.6. The first-order chi connectivity index (χ1) is 7.69. The molecule has 1 atom stereocenters. The van der Waals surface area contributed by atoms with Gasteiger partial charge in [0.15, 0.2) is 0 Å². The maximum absolute atomic E-state index is 11.5. The Morgan fingerprint density at radius 3 is 2.69 bits per heavy atom. The second-order valence-corrected chi connectivity index (χ2v) is 4.75. The van der Waals surface area contributed by atoms with Gasteiger partial charge in [0.2, 0.25) is 0 Å². The van der Waals surface area contributed by atoms with Crippen molar-refractivity contribution in [2.24, 2.45) is 5.92 Å². The van der Waals surface area contributed by atoms with Gasteiger partial charge in [0, 0.05) is 20.2 Å². The number of ether oxygens (including phenoxy) is 1. The van der Waals surface area contributed by atoms with Gasteiger partial charge in [0.25, 0.3) is 0 Å². The minimum absolute atomic E-state index is 0.270. The molecule has 3 saturated heterocycles. The molecule has 0 amide bonds. The number of piperidine rings is 3. The van der Waals surface area contributed by atoms with Gasteiger partial charge in [-0.05, 0) is 31.8 Å². The standard InChI is InChI=1S/C11H20N2O3/c1-16-7-4-12-11(10(14)15)8-13-5-2-9(11)3-6-13/h9,12H,2-8H2,1H3,(H,14,15). The van der Waals surface area contributed by atoms with Crippen LogP contribution in [0, 0.1) is 5.92 Å². The van der Waals surface area contributed by atoms with Gasteiger partial charge in [-0.3, -0.25) is 10.1 Å². The number of nitrogens with one attached hydrogen (secondary N) is 1. The van der Waals surface area contributed by atoms with Crippen molar-refractivity contribution >= 4 is 5.97 Å². The number of carboxylic acid groups (broad SMARTS) is 1. The Morgan fingerprint density at radius 1 is 1.56 bits per heavy atom. The molecular weight excluding hydrogens is 208 g/mol. The average molecular weight is 228 g/mol. The summed E-state index contributed by atoms with van der Waals surface area (Å²) >= 11 is 0. The lowest BCUT2D eigenvalue weighted by Gasteiger charge is -2.51. The predicted octanol–water partition coefficient (Wildman–Crippen LogP) is -0.229. The zero-order valence-corrected chi connectivity index (χ0v) is 9.74. The topological polar surface area (TPSA) is 61.8 Å². The fraction of sp³-hybridized carbons (Fsp3) is 0.909. The summed E-state index contributed by atoms with van der Waals surface area (Å²) in [4.78, 5) is 13.8. The third kappa shape index (κ3) is 1.95. The lowest BCUT2D eigenvalue weighted by atomic mass is 9.72. The minimum atomic E-state index is -0.741. The largest absolute Gasteiger partial charge is 0.480 e. The summed E-state index contributed by atoms with van der Waals surface area (Å²) in [5.74, 6) is -0.440. The van der Waals surface area contributed by atoms with Crippen molar-refractivity contribution in [2.45, 2.75) is 18.4 Å². The molecule has 3 aliphatic heterocycles. The van der Waals surface area contributed by atoms with Crippen LogP contribution in [0.2, 0.25) is 0 Å². The van der Waals surface area contributed by atoms with Crippen molar-refractivity contribution in [1.29, 1.82) is 0 Å². The van der Waals surface area contributed by atoms with Crippen LogP contribution in [-0.4, -0.2) is 61.4 Å². The van der Waals surface area contributed by atoms with Crippen LogP contribution < -0.4 is 5.32 Å². The van der Waals surface area contributed by atoms with E-state index in [0.29, 0.717) is 19.7 Å². The fourth-order valence-electron chi connectivity index (χ4n) is 2.96. The van der Waals surface area contributed by atoms with Crippen molar-refractivity contribution < 1.29 is 14.6 Å². The van der Waals surface area contributed by atoms with Crippen molar-refractivity contribution in [1.82, 2.24) is 10.2 Å². The van der Waals surface area contributed by atoms with Crippen LogP contribution in [0.25, 0.3) is 0 Å². The molecule has 0 saturated carbocycles. The first-order valence-electron chi connectivity index (χ1n) is 5.89. The van der Waals surface area contributed by atoms with Crippen LogP contribution in [0.5, 0.6) is 0 Å². The monoisotopic (exact) mass is 228 g/mol. The third-order valence-electron chi connectivity index (χ3n) is 3.89. The molecule has 2 N–H and O–H groups in total. The molecule has 1 unspecified atom stereocenters. The number of carboxylic acids is 1. The molecule has 3 fully saturated rings. The second kappa shape index (κ2) is 4.69. The molecule has 0 aliphatic carbocycles. The molecule has 5 heteroatoms. The van der Waals surface area contributed by atoms with E-state index < -0.39 is 11.5 Å². The molecule has 0 aromatic heterocycles. The summed E-state index contributed by atoms with van der Waals surface area (Å²) in [5.41, 5.74) is -0.741. The molecule has 0 radical (unpaired) electrons. The Hall–Kier alpha value is -0.650. The van der Waals surface area contributed by atoms with Gasteiger partial charge in [-0.2, -0.15) is 0 Å². The molecule has 16 heavy (non-hydrogen) atoms.